The third kappa shape index (κ3) is 5.11. The number of hydrazone groups is 2. The lowest BCUT2D eigenvalue weighted by atomic mass is 10.2. The topological polar surface area (TPSA) is 65.8 Å². The molecule has 0 atom stereocenters. The number of thiophene rings is 2. The maximum atomic E-state index is 12.1. The Balaban J connectivity index is 1.52. The van der Waals surface area contributed by atoms with Crippen molar-refractivity contribution in [2.75, 3.05) is 5.43 Å². The molecule has 0 radical (unpaired) electrons. The summed E-state index contributed by atoms with van der Waals surface area (Å²) in [7, 11) is 0. The Morgan fingerprint density at radius 2 is 1.42 bits per heavy atom. The van der Waals surface area contributed by atoms with E-state index in [0.29, 0.717) is 5.56 Å². The van der Waals surface area contributed by atoms with Crippen molar-refractivity contribution in [2.24, 2.45) is 10.2 Å². The van der Waals surface area contributed by atoms with Crippen molar-refractivity contribution in [3.63, 3.8) is 0 Å². The normalized spacial score (nSPS) is 11.3. The standard InChI is InChI=1S/C19H18N4OS2/c1-13-3-9-17(25-13)11-20-22-16-7-5-15(6-8-16)19(24)23-21-12-18-10-4-14(2)26-18/h3-12,22H,1-2H3,(H,23,24)/b20-11-,21-12-. The van der Waals surface area contributed by atoms with E-state index < -0.39 is 0 Å². The number of nitrogens with one attached hydrogen (secondary N) is 2. The van der Waals surface area contributed by atoms with Gasteiger partial charge in [-0.05, 0) is 62.4 Å². The highest BCUT2D eigenvalue weighted by atomic mass is 32.1. The van der Waals surface area contributed by atoms with Crippen LogP contribution in [0, 0.1) is 13.8 Å². The van der Waals surface area contributed by atoms with Crippen LogP contribution in [0.15, 0.2) is 58.7 Å². The fourth-order valence-corrected chi connectivity index (χ4v) is 3.63. The molecule has 2 aromatic heterocycles. The number of hydrogen-bond acceptors (Lipinski definition) is 6. The Morgan fingerprint density at radius 1 is 0.846 bits per heavy atom. The highest BCUT2D eigenvalue weighted by molar-refractivity contribution is 7.13. The summed E-state index contributed by atoms with van der Waals surface area (Å²) in [6.45, 7) is 4.09. The quantitative estimate of drug-likeness (QED) is 0.482. The first-order valence-electron chi connectivity index (χ1n) is 7.95. The maximum Gasteiger partial charge on any atom is 0.271 e. The van der Waals surface area contributed by atoms with Gasteiger partial charge >= 0.3 is 0 Å². The van der Waals surface area contributed by atoms with Crippen LogP contribution >= 0.6 is 22.7 Å². The molecular weight excluding hydrogens is 364 g/mol. The molecule has 0 spiro atoms. The zero-order valence-corrected chi connectivity index (χ0v) is 16.0. The van der Waals surface area contributed by atoms with Crippen LogP contribution in [0.5, 0.6) is 0 Å². The maximum absolute atomic E-state index is 12.1. The minimum absolute atomic E-state index is 0.251. The van der Waals surface area contributed by atoms with Crippen LogP contribution in [0.25, 0.3) is 0 Å². The molecule has 2 heterocycles. The molecule has 0 bridgehead atoms. The van der Waals surface area contributed by atoms with E-state index in [1.54, 1.807) is 59.4 Å². The average Bonchev–Trinajstić information content (AvgIpc) is 3.23. The van der Waals surface area contributed by atoms with Crippen LogP contribution in [0.1, 0.15) is 29.9 Å². The van der Waals surface area contributed by atoms with Gasteiger partial charge in [0.2, 0.25) is 0 Å². The number of rotatable bonds is 6. The third-order valence-corrected chi connectivity index (χ3v) is 5.28. The third-order valence-electron chi connectivity index (χ3n) is 3.41. The molecule has 0 saturated carbocycles. The van der Waals surface area contributed by atoms with Gasteiger partial charge in [0.05, 0.1) is 18.1 Å². The Morgan fingerprint density at radius 3 is 1.96 bits per heavy atom. The Kier molecular flexibility index (Phi) is 5.93. The van der Waals surface area contributed by atoms with E-state index in [1.807, 2.05) is 25.1 Å². The number of hydrogen-bond donors (Lipinski definition) is 2. The molecule has 0 aliphatic rings. The van der Waals surface area contributed by atoms with Gasteiger partial charge in [0.1, 0.15) is 0 Å². The second kappa shape index (κ2) is 8.55. The van der Waals surface area contributed by atoms with E-state index in [4.69, 9.17) is 0 Å². The predicted octanol–water partition coefficient (Wildman–Crippen LogP) is 4.64. The van der Waals surface area contributed by atoms with E-state index in [9.17, 15) is 4.79 Å². The second-order valence-corrected chi connectivity index (χ2v) is 8.18. The molecule has 0 aliphatic heterocycles. The monoisotopic (exact) mass is 382 g/mol. The Labute approximate surface area is 160 Å². The van der Waals surface area contributed by atoms with Crippen molar-refractivity contribution in [3.05, 3.63) is 73.6 Å². The molecule has 1 amide bonds. The SMILES string of the molecule is Cc1ccc(/C=N\NC(=O)c2ccc(N/N=C\c3ccc(C)s3)cc2)s1. The molecule has 7 heteroatoms. The molecular formula is C19H18N4OS2. The van der Waals surface area contributed by atoms with Crippen LogP contribution in [0.2, 0.25) is 0 Å². The van der Waals surface area contributed by atoms with Crippen molar-refractivity contribution < 1.29 is 4.79 Å². The van der Waals surface area contributed by atoms with Gasteiger partial charge in [-0.25, -0.2) is 5.43 Å². The second-order valence-electron chi connectivity index (χ2n) is 5.54. The minimum atomic E-state index is -0.251. The van der Waals surface area contributed by atoms with Crippen LogP contribution in [0.4, 0.5) is 5.69 Å². The molecule has 1 aromatic carbocycles. The number of benzene rings is 1. The Bertz CT molecular complexity index is 939. The summed E-state index contributed by atoms with van der Waals surface area (Å²) >= 11 is 3.30. The molecule has 3 aromatic rings. The summed E-state index contributed by atoms with van der Waals surface area (Å²) in [4.78, 5) is 16.6. The summed E-state index contributed by atoms with van der Waals surface area (Å²) in [6.07, 6.45) is 3.42. The van der Waals surface area contributed by atoms with Crippen molar-refractivity contribution in [2.45, 2.75) is 13.8 Å². The van der Waals surface area contributed by atoms with E-state index in [0.717, 1.165) is 15.4 Å². The highest BCUT2D eigenvalue weighted by Crippen LogP contribution is 2.14. The molecule has 3 rings (SSSR count). The highest BCUT2D eigenvalue weighted by Gasteiger charge is 2.03. The first kappa shape index (κ1) is 18.0. The van der Waals surface area contributed by atoms with Gasteiger partial charge in [-0.3, -0.25) is 10.2 Å². The average molecular weight is 383 g/mol. The number of amides is 1. The molecule has 2 N–H and O–H groups in total. The molecule has 0 aliphatic carbocycles. The minimum Gasteiger partial charge on any atom is -0.278 e. The summed E-state index contributed by atoms with van der Waals surface area (Å²) in [6, 6.07) is 15.1. The van der Waals surface area contributed by atoms with Gasteiger partial charge < -0.3 is 0 Å². The summed E-state index contributed by atoms with van der Waals surface area (Å²) < 4.78 is 0. The number of carbonyl (C=O) groups is 1. The lowest BCUT2D eigenvalue weighted by Gasteiger charge is -2.02. The van der Waals surface area contributed by atoms with Crippen LogP contribution in [-0.4, -0.2) is 18.3 Å². The number of nitrogens with zero attached hydrogens (tertiary/aromatic N) is 2. The van der Waals surface area contributed by atoms with E-state index >= 15 is 0 Å². The molecule has 26 heavy (non-hydrogen) atoms. The lowest BCUT2D eigenvalue weighted by molar-refractivity contribution is 0.0955. The van der Waals surface area contributed by atoms with Crippen LogP contribution in [0.3, 0.4) is 0 Å². The van der Waals surface area contributed by atoms with Gasteiger partial charge in [0, 0.05) is 25.1 Å². The van der Waals surface area contributed by atoms with Crippen LogP contribution in [-0.2, 0) is 0 Å². The smallest absolute Gasteiger partial charge is 0.271 e. The van der Waals surface area contributed by atoms with Crippen LogP contribution < -0.4 is 10.9 Å². The Hall–Kier alpha value is -2.77. The van der Waals surface area contributed by atoms with Gasteiger partial charge in [-0.1, -0.05) is 0 Å². The number of anilines is 1. The molecule has 0 saturated heterocycles. The van der Waals surface area contributed by atoms with E-state index in [-0.39, 0.29) is 5.91 Å². The summed E-state index contributed by atoms with van der Waals surface area (Å²) in [5.41, 5.74) is 6.83. The van der Waals surface area contributed by atoms with Crippen molar-refractivity contribution in [1.29, 1.82) is 0 Å². The summed E-state index contributed by atoms with van der Waals surface area (Å²) in [5.74, 6) is -0.251. The lowest BCUT2D eigenvalue weighted by Crippen LogP contribution is -2.17. The first-order chi connectivity index (χ1) is 12.6. The summed E-state index contributed by atoms with van der Waals surface area (Å²) in [5, 5.41) is 8.18. The van der Waals surface area contributed by atoms with E-state index in [1.165, 1.54) is 9.75 Å². The largest absolute Gasteiger partial charge is 0.278 e. The fraction of sp³-hybridized carbons (Fsp3) is 0.105. The van der Waals surface area contributed by atoms with Crippen molar-refractivity contribution in [3.8, 4) is 0 Å². The molecule has 0 fully saturated rings. The van der Waals surface area contributed by atoms with Gasteiger partial charge in [-0.2, -0.15) is 10.2 Å². The number of aryl methyl sites for hydroxylation is 2. The first-order valence-corrected chi connectivity index (χ1v) is 9.59. The predicted molar refractivity (Wildman–Crippen MR) is 111 cm³/mol. The molecule has 132 valence electrons. The van der Waals surface area contributed by atoms with Gasteiger partial charge in [0.15, 0.2) is 0 Å². The van der Waals surface area contributed by atoms with E-state index in [2.05, 4.69) is 34.0 Å². The zero-order valence-electron chi connectivity index (χ0n) is 14.4. The van der Waals surface area contributed by atoms with Gasteiger partial charge in [0.25, 0.3) is 5.91 Å². The molecule has 5 nitrogen and oxygen atoms in total. The fourth-order valence-electron chi connectivity index (χ4n) is 2.13. The van der Waals surface area contributed by atoms with Crippen molar-refractivity contribution >= 4 is 46.7 Å². The molecule has 0 unspecified atom stereocenters. The zero-order chi connectivity index (χ0) is 18.4. The van der Waals surface area contributed by atoms with Crippen molar-refractivity contribution in [1.82, 2.24) is 5.43 Å². The van der Waals surface area contributed by atoms with Gasteiger partial charge in [-0.15, -0.1) is 22.7 Å². The number of carbonyl (C=O) groups excluding carboxylic acids is 1.